The fourth-order valence-electron chi connectivity index (χ4n) is 3.03. The van der Waals surface area contributed by atoms with Crippen molar-refractivity contribution in [3.8, 4) is 5.88 Å². The van der Waals surface area contributed by atoms with Gasteiger partial charge in [0.25, 0.3) is 0 Å². The van der Waals surface area contributed by atoms with Crippen LogP contribution in [0.4, 0.5) is 0 Å². The van der Waals surface area contributed by atoms with Crippen molar-refractivity contribution in [1.29, 1.82) is 0 Å². The summed E-state index contributed by atoms with van der Waals surface area (Å²) in [6.07, 6.45) is 4.69. The van der Waals surface area contributed by atoms with Gasteiger partial charge in [0.2, 0.25) is 11.0 Å². The van der Waals surface area contributed by atoms with Gasteiger partial charge in [0.1, 0.15) is 11.7 Å². The van der Waals surface area contributed by atoms with E-state index in [-0.39, 0.29) is 42.0 Å². The standard InChI is InChI=1S/C15H20N2O4S.CH4/c1-3-20-14(18)12-9(2)16-15-17-13(12)21-10-7-5-4-6-8-11(10)22(15)19;/h10-11H,3-8H2,1-2H3;1H4. The van der Waals surface area contributed by atoms with E-state index in [0.717, 1.165) is 32.1 Å². The summed E-state index contributed by atoms with van der Waals surface area (Å²) in [7, 11) is -1.29. The molecule has 128 valence electrons. The molecule has 0 spiro atoms. The molecule has 0 radical (unpaired) electrons. The Kier molecular flexibility index (Phi) is 5.73. The van der Waals surface area contributed by atoms with Gasteiger partial charge < -0.3 is 9.47 Å². The Balaban J connectivity index is 0.00000192. The first-order valence-electron chi connectivity index (χ1n) is 7.74. The minimum Gasteiger partial charge on any atom is -0.472 e. The Morgan fingerprint density at radius 3 is 2.78 bits per heavy atom. The molecule has 1 saturated carbocycles. The van der Waals surface area contributed by atoms with Crippen molar-refractivity contribution in [2.75, 3.05) is 6.61 Å². The van der Waals surface area contributed by atoms with E-state index < -0.39 is 16.8 Å². The second-order valence-electron chi connectivity index (χ2n) is 5.62. The van der Waals surface area contributed by atoms with Gasteiger partial charge >= 0.3 is 5.97 Å². The molecule has 0 amide bonds. The summed E-state index contributed by atoms with van der Waals surface area (Å²) in [4.78, 5) is 20.7. The Morgan fingerprint density at radius 2 is 2.04 bits per heavy atom. The van der Waals surface area contributed by atoms with Gasteiger partial charge in [0.15, 0.2) is 0 Å². The van der Waals surface area contributed by atoms with Crippen molar-refractivity contribution < 1.29 is 18.5 Å². The molecule has 23 heavy (non-hydrogen) atoms. The lowest BCUT2D eigenvalue weighted by molar-refractivity contribution is 0.0514. The fourth-order valence-corrected chi connectivity index (χ4v) is 4.55. The summed E-state index contributed by atoms with van der Waals surface area (Å²) in [5.41, 5.74) is 0.718. The molecule has 6 nitrogen and oxygen atoms in total. The van der Waals surface area contributed by atoms with Crippen LogP contribution in [0.1, 0.15) is 62.5 Å². The summed E-state index contributed by atoms with van der Waals surface area (Å²) in [6.45, 7) is 3.72. The van der Waals surface area contributed by atoms with E-state index in [0.29, 0.717) is 5.69 Å². The molecule has 2 aliphatic rings. The number of nitrogens with zero attached hydrogens (tertiary/aromatic N) is 2. The van der Waals surface area contributed by atoms with Crippen LogP contribution in [0, 0.1) is 6.92 Å². The highest BCUT2D eigenvalue weighted by Gasteiger charge is 2.38. The first-order valence-corrected chi connectivity index (χ1v) is 8.96. The van der Waals surface area contributed by atoms with E-state index in [4.69, 9.17) is 9.47 Å². The van der Waals surface area contributed by atoms with Crippen molar-refractivity contribution in [3.63, 3.8) is 0 Å². The van der Waals surface area contributed by atoms with Crippen molar-refractivity contribution in [3.05, 3.63) is 11.3 Å². The molecule has 0 aromatic carbocycles. The number of esters is 1. The number of aryl methyl sites for hydroxylation is 1. The van der Waals surface area contributed by atoms with Crippen LogP contribution in [0.2, 0.25) is 0 Å². The van der Waals surface area contributed by atoms with E-state index in [1.807, 2.05) is 0 Å². The van der Waals surface area contributed by atoms with Gasteiger partial charge in [0, 0.05) is 0 Å². The molecule has 1 aliphatic carbocycles. The number of ether oxygens (including phenoxy) is 2. The van der Waals surface area contributed by atoms with Crippen molar-refractivity contribution in [2.45, 2.75) is 69.9 Å². The van der Waals surface area contributed by atoms with Crippen LogP contribution in [0.3, 0.4) is 0 Å². The number of aromatic nitrogens is 2. The normalized spacial score (nSPS) is 25.9. The SMILES string of the molecule is C.CCOC(=O)c1c(C)nc2nc1OC1CCCCCC1S2=O. The van der Waals surface area contributed by atoms with Gasteiger partial charge in [-0.15, -0.1) is 0 Å². The zero-order chi connectivity index (χ0) is 15.7. The van der Waals surface area contributed by atoms with Crippen molar-refractivity contribution in [2.24, 2.45) is 0 Å². The fraction of sp³-hybridized carbons (Fsp3) is 0.688. The lowest BCUT2D eigenvalue weighted by atomic mass is 10.1. The van der Waals surface area contributed by atoms with Crippen LogP contribution in [0.5, 0.6) is 5.88 Å². The molecule has 3 rings (SSSR count). The third-order valence-electron chi connectivity index (χ3n) is 4.13. The lowest BCUT2D eigenvalue weighted by Gasteiger charge is -2.21. The average molecular weight is 340 g/mol. The maximum absolute atomic E-state index is 12.7. The molecule has 1 aromatic rings. The van der Waals surface area contributed by atoms with Crippen LogP contribution >= 0.6 is 0 Å². The Bertz CT molecular complexity index is 620. The summed E-state index contributed by atoms with van der Waals surface area (Å²) < 4.78 is 23.8. The Hall–Kier alpha value is -1.50. The third-order valence-corrected chi connectivity index (χ3v) is 5.76. The maximum atomic E-state index is 12.7. The molecule has 1 aliphatic heterocycles. The van der Waals surface area contributed by atoms with E-state index >= 15 is 0 Å². The second-order valence-corrected chi connectivity index (χ2v) is 7.19. The van der Waals surface area contributed by atoms with E-state index in [1.165, 1.54) is 0 Å². The molecule has 0 saturated heterocycles. The Morgan fingerprint density at radius 1 is 1.30 bits per heavy atom. The van der Waals surface area contributed by atoms with Gasteiger partial charge in [-0.2, -0.15) is 4.98 Å². The molecule has 0 N–H and O–H groups in total. The highest BCUT2D eigenvalue weighted by atomic mass is 32.2. The number of hydrogen-bond donors (Lipinski definition) is 0. The molecule has 7 heteroatoms. The monoisotopic (exact) mass is 340 g/mol. The van der Waals surface area contributed by atoms with Crippen molar-refractivity contribution >= 4 is 16.8 Å². The van der Waals surface area contributed by atoms with Gasteiger partial charge in [-0.1, -0.05) is 20.3 Å². The average Bonchev–Trinajstić information content (AvgIpc) is 2.75. The zero-order valence-corrected chi connectivity index (χ0v) is 13.6. The number of fused-ring (bicyclic) bond motifs is 3. The van der Waals surface area contributed by atoms with E-state index in [1.54, 1.807) is 13.8 Å². The topological polar surface area (TPSA) is 78.4 Å². The van der Waals surface area contributed by atoms with Crippen LogP contribution in [0.25, 0.3) is 0 Å². The molecular formula is C16H24N2O4S. The smallest absolute Gasteiger partial charge is 0.345 e. The molecule has 2 heterocycles. The minimum absolute atomic E-state index is 0. The highest BCUT2D eigenvalue weighted by molar-refractivity contribution is 7.85. The first kappa shape index (κ1) is 17.8. The molecule has 1 fully saturated rings. The van der Waals surface area contributed by atoms with Gasteiger partial charge in [0.05, 0.1) is 28.4 Å². The first-order chi connectivity index (χ1) is 10.6. The molecular weight excluding hydrogens is 316 g/mol. The predicted molar refractivity (Wildman–Crippen MR) is 87.2 cm³/mol. The zero-order valence-electron chi connectivity index (χ0n) is 12.8. The lowest BCUT2D eigenvalue weighted by Crippen LogP contribution is -2.33. The summed E-state index contributed by atoms with van der Waals surface area (Å²) in [6, 6.07) is 0. The highest BCUT2D eigenvalue weighted by Crippen LogP contribution is 2.33. The van der Waals surface area contributed by atoms with Gasteiger partial charge in [-0.3, -0.25) is 4.21 Å². The van der Waals surface area contributed by atoms with Crippen LogP contribution in [-0.2, 0) is 15.5 Å². The van der Waals surface area contributed by atoms with Gasteiger partial charge in [-0.25, -0.2) is 9.78 Å². The largest absolute Gasteiger partial charge is 0.472 e. The van der Waals surface area contributed by atoms with E-state index in [9.17, 15) is 9.00 Å². The quantitative estimate of drug-likeness (QED) is 0.608. The number of hydrogen-bond acceptors (Lipinski definition) is 6. The number of carbonyl (C=O) groups excluding carboxylic acids is 1. The van der Waals surface area contributed by atoms with Gasteiger partial charge in [-0.05, 0) is 33.1 Å². The molecule has 1 aromatic heterocycles. The number of carbonyl (C=O) groups is 1. The van der Waals surface area contributed by atoms with Crippen LogP contribution in [0.15, 0.2) is 5.16 Å². The third kappa shape index (κ3) is 3.39. The Labute approximate surface area is 139 Å². The summed E-state index contributed by atoms with van der Waals surface area (Å²) in [5.74, 6) is -0.261. The minimum atomic E-state index is -1.29. The van der Waals surface area contributed by atoms with Crippen LogP contribution in [-0.4, -0.2) is 38.1 Å². The summed E-state index contributed by atoms with van der Waals surface area (Å²) >= 11 is 0. The molecule has 3 atom stereocenters. The number of rotatable bonds is 2. The van der Waals surface area contributed by atoms with Crippen LogP contribution < -0.4 is 4.74 Å². The summed E-state index contributed by atoms with van der Waals surface area (Å²) in [5, 5.41) is 0.173. The maximum Gasteiger partial charge on any atom is 0.345 e. The predicted octanol–water partition coefficient (Wildman–Crippen LogP) is 2.80. The van der Waals surface area contributed by atoms with E-state index in [2.05, 4.69) is 9.97 Å². The molecule has 3 unspecified atom stereocenters. The van der Waals surface area contributed by atoms with Crippen molar-refractivity contribution in [1.82, 2.24) is 9.97 Å². The molecule has 2 bridgehead atoms. The second kappa shape index (κ2) is 7.38.